The van der Waals surface area contributed by atoms with Crippen LogP contribution in [-0.4, -0.2) is 30.3 Å². The topological polar surface area (TPSA) is 51.1 Å². The zero-order valence-electron chi connectivity index (χ0n) is 15.5. The molecule has 2 aromatic carbocycles. The molecule has 2 aromatic rings. The second-order valence-electron chi connectivity index (χ2n) is 6.61. The zero-order valence-corrected chi connectivity index (χ0v) is 17.1. The molecule has 7 heteroatoms. The van der Waals surface area contributed by atoms with Crippen molar-refractivity contribution in [1.29, 1.82) is 0 Å². The lowest BCUT2D eigenvalue weighted by Gasteiger charge is -2.18. The molecule has 0 aromatic heterocycles. The maximum atomic E-state index is 13.2. The van der Waals surface area contributed by atoms with E-state index in [4.69, 9.17) is 21.1 Å². The maximum Gasteiger partial charge on any atom is 0.271 e. The monoisotopic (exact) mass is 414 g/mol. The molecule has 1 saturated heterocycles. The number of amides is 1. The minimum atomic E-state index is -0.146. The van der Waals surface area contributed by atoms with Gasteiger partial charge in [0.15, 0.2) is 16.7 Å². The fourth-order valence-electron chi connectivity index (χ4n) is 2.93. The van der Waals surface area contributed by atoms with E-state index in [9.17, 15) is 4.79 Å². The standard InChI is InChI=1S/C21H19ClN2O3S/c1-13(2)23-21-24(16-6-4-3-5-15(16)22)20(25)19(28-21)12-14-7-8-17-18(11-14)27-10-9-26-17/h3-8,11-13H,9-10H2,1-2H3/b19-12-,23-21-. The quantitative estimate of drug-likeness (QED) is 0.663. The molecule has 4 rings (SSSR count). The number of amidine groups is 1. The van der Waals surface area contributed by atoms with Gasteiger partial charge in [-0.15, -0.1) is 0 Å². The molecule has 0 atom stereocenters. The molecule has 0 bridgehead atoms. The van der Waals surface area contributed by atoms with Crippen molar-refractivity contribution in [2.24, 2.45) is 4.99 Å². The first kappa shape index (κ1) is 18.9. The number of carbonyl (C=O) groups excluding carboxylic acids is 1. The summed E-state index contributed by atoms with van der Waals surface area (Å²) >= 11 is 7.70. The number of anilines is 1. The van der Waals surface area contributed by atoms with Gasteiger partial charge in [0.05, 0.1) is 15.6 Å². The number of thioether (sulfide) groups is 1. The largest absolute Gasteiger partial charge is 0.486 e. The molecular weight excluding hydrogens is 396 g/mol. The summed E-state index contributed by atoms with van der Waals surface area (Å²) in [7, 11) is 0. The molecule has 0 radical (unpaired) electrons. The highest BCUT2D eigenvalue weighted by Gasteiger charge is 2.35. The van der Waals surface area contributed by atoms with E-state index in [2.05, 4.69) is 4.99 Å². The third-order valence-electron chi connectivity index (χ3n) is 4.13. The van der Waals surface area contributed by atoms with Gasteiger partial charge in [0, 0.05) is 6.04 Å². The Morgan fingerprint density at radius 1 is 1.14 bits per heavy atom. The van der Waals surface area contributed by atoms with Gasteiger partial charge in [-0.25, -0.2) is 0 Å². The molecule has 144 valence electrons. The van der Waals surface area contributed by atoms with Crippen LogP contribution in [0, 0.1) is 0 Å². The lowest BCUT2D eigenvalue weighted by atomic mass is 10.1. The van der Waals surface area contributed by atoms with Gasteiger partial charge in [0.1, 0.15) is 13.2 Å². The van der Waals surface area contributed by atoms with Crippen molar-refractivity contribution in [3.8, 4) is 11.5 Å². The molecule has 2 aliphatic rings. The van der Waals surface area contributed by atoms with Gasteiger partial charge in [0.25, 0.3) is 5.91 Å². The van der Waals surface area contributed by atoms with Gasteiger partial charge in [-0.05, 0) is 61.5 Å². The molecular formula is C21H19ClN2O3S. The third-order valence-corrected chi connectivity index (χ3v) is 5.43. The van der Waals surface area contributed by atoms with Crippen molar-refractivity contribution in [2.45, 2.75) is 19.9 Å². The summed E-state index contributed by atoms with van der Waals surface area (Å²) < 4.78 is 11.2. The highest BCUT2D eigenvalue weighted by atomic mass is 35.5. The minimum absolute atomic E-state index is 0.0499. The van der Waals surface area contributed by atoms with Crippen LogP contribution in [-0.2, 0) is 4.79 Å². The van der Waals surface area contributed by atoms with E-state index in [1.54, 1.807) is 11.0 Å². The summed E-state index contributed by atoms with van der Waals surface area (Å²) in [5.41, 5.74) is 1.50. The Labute approximate surface area is 173 Å². The van der Waals surface area contributed by atoms with Crippen LogP contribution in [0.25, 0.3) is 6.08 Å². The molecule has 1 fully saturated rings. The van der Waals surface area contributed by atoms with Crippen molar-refractivity contribution in [3.05, 3.63) is 58.0 Å². The van der Waals surface area contributed by atoms with Gasteiger partial charge in [0.2, 0.25) is 0 Å². The number of para-hydroxylation sites is 1. The van der Waals surface area contributed by atoms with Gasteiger partial charge < -0.3 is 9.47 Å². The number of halogens is 1. The fourth-order valence-corrected chi connectivity index (χ4v) is 4.25. The molecule has 5 nitrogen and oxygen atoms in total. The predicted octanol–water partition coefficient (Wildman–Crippen LogP) is 5.00. The van der Waals surface area contributed by atoms with Crippen LogP contribution in [0.2, 0.25) is 5.02 Å². The first-order valence-corrected chi connectivity index (χ1v) is 10.2. The molecule has 0 spiro atoms. The summed E-state index contributed by atoms with van der Waals surface area (Å²) in [6.07, 6.45) is 1.85. The number of carbonyl (C=O) groups is 1. The van der Waals surface area contributed by atoms with E-state index in [0.717, 1.165) is 11.3 Å². The van der Waals surface area contributed by atoms with E-state index in [1.165, 1.54) is 11.8 Å². The smallest absolute Gasteiger partial charge is 0.271 e. The molecule has 0 aliphatic carbocycles. The zero-order chi connectivity index (χ0) is 19.7. The Morgan fingerprint density at radius 3 is 2.64 bits per heavy atom. The first-order valence-electron chi connectivity index (χ1n) is 8.99. The fraction of sp³-hybridized carbons (Fsp3) is 0.238. The average molecular weight is 415 g/mol. The van der Waals surface area contributed by atoms with E-state index >= 15 is 0 Å². The van der Waals surface area contributed by atoms with Crippen molar-refractivity contribution in [3.63, 3.8) is 0 Å². The number of rotatable bonds is 3. The SMILES string of the molecule is CC(C)/N=C1\S/C(=C\c2ccc3c(c2)OCCO3)C(=O)N1c1ccccc1Cl. The molecule has 1 amide bonds. The van der Waals surface area contributed by atoms with E-state index in [-0.39, 0.29) is 11.9 Å². The van der Waals surface area contributed by atoms with E-state index < -0.39 is 0 Å². The van der Waals surface area contributed by atoms with Gasteiger partial charge >= 0.3 is 0 Å². The Bertz CT molecular complexity index is 987. The van der Waals surface area contributed by atoms with Crippen molar-refractivity contribution >= 4 is 46.2 Å². The number of nitrogens with zero attached hydrogens (tertiary/aromatic N) is 2. The molecule has 28 heavy (non-hydrogen) atoms. The summed E-state index contributed by atoms with van der Waals surface area (Å²) in [6, 6.07) is 13.0. The lowest BCUT2D eigenvalue weighted by Crippen LogP contribution is -2.29. The van der Waals surface area contributed by atoms with Gasteiger partial charge in [-0.3, -0.25) is 14.7 Å². The van der Waals surface area contributed by atoms with E-state index in [0.29, 0.717) is 39.7 Å². The molecule has 0 saturated carbocycles. The summed E-state index contributed by atoms with van der Waals surface area (Å²) in [4.78, 5) is 20.0. The molecule has 0 N–H and O–H groups in total. The first-order chi connectivity index (χ1) is 13.5. The second-order valence-corrected chi connectivity index (χ2v) is 8.03. The number of fused-ring (bicyclic) bond motifs is 1. The minimum Gasteiger partial charge on any atom is -0.486 e. The van der Waals surface area contributed by atoms with Crippen LogP contribution in [0.15, 0.2) is 52.4 Å². The number of aliphatic imine (C=N–C) groups is 1. The Kier molecular flexibility index (Phi) is 5.33. The van der Waals surface area contributed by atoms with Crippen LogP contribution >= 0.6 is 23.4 Å². The Morgan fingerprint density at radius 2 is 1.89 bits per heavy atom. The van der Waals surface area contributed by atoms with Gasteiger partial charge in [-0.2, -0.15) is 0 Å². The molecule has 2 aliphatic heterocycles. The van der Waals surface area contributed by atoms with Crippen LogP contribution < -0.4 is 14.4 Å². The summed E-state index contributed by atoms with van der Waals surface area (Å²) in [5, 5.41) is 1.13. The van der Waals surface area contributed by atoms with E-state index in [1.807, 2.05) is 56.3 Å². The summed E-state index contributed by atoms with van der Waals surface area (Å²) in [5.74, 6) is 1.26. The lowest BCUT2D eigenvalue weighted by molar-refractivity contribution is -0.113. The number of hydrogen-bond acceptors (Lipinski definition) is 5. The van der Waals surface area contributed by atoms with Crippen LogP contribution in [0.1, 0.15) is 19.4 Å². The highest BCUT2D eigenvalue weighted by Crippen LogP contribution is 2.40. The van der Waals surface area contributed by atoms with Crippen LogP contribution in [0.3, 0.4) is 0 Å². The molecule has 0 unspecified atom stereocenters. The Balaban J connectivity index is 1.72. The number of hydrogen-bond donors (Lipinski definition) is 0. The predicted molar refractivity (Wildman–Crippen MR) is 115 cm³/mol. The Hall–Kier alpha value is -2.44. The molecule has 2 heterocycles. The highest BCUT2D eigenvalue weighted by molar-refractivity contribution is 8.19. The van der Waals surface area contributed by atoms with Crippen LogP contribution in [0.5, 0.6) is 11.5 Å². The third kappa shape index (κ3) is 3.75. The number of benzene rings is 2. The number of ether oxygens (including phenoxy) is 2. The average Bonchev–Trinajstić information content (AvgIpc) is 2.96. The second kappa shape index (κ2) is 7.89. The van der Waals surface area contributed by atoms with Crippen LogP contribution in [0.4, 0.5) is 5.69 Å². The van der Waals surface area contributed by atoms with Crippen molar-refractivity contribution in [1.82, 2.24) is 0 Å². The van der Waals surface area contributed by atoms with Crippen molar-refractivity contribution in [2.75, 3.05) is 18.1 Å². The van der Waals surface area contributed by atoms with Crippen molar-refractivity contribution < 1.29 is 14.3 Å². The summed E-state index contributed by atoms with van der Waals surface area (Å²) in [6.45, 7) is 5.02. The normalized spacial score (nSPS) is 19.1. The maximum absolute atomic E-state index is 13.2. The van der Waals surface area contributed by atoms with Gasteiger partial charge in [-0.1, -0.05) is 29.8 Å².